The van der Waals surface area contributed by atoms with Crippen molar-refractivity contribution in [2.45, 2.75) is 50.4 Å². The lowest BCUT2D eigenvalue weighted by molar-refractivity contribution is -0.132. The van der Waals surface area contributed by atoms with E-state index in [2.05, 4.69) is 4.90 Å². The van der Waals surface area contributed by atoms with Crippen LogP contribution in [0.2, 0.25) is 0 Å². The number of rotatable bonds is 3. The monoisotopic (exact) mass is 318 g/mol. The Balaban J connectivity index is 1.52. The van der Waals surface area contributed by atoms with Gasteiger partial charge in [-0.05, 0) is 37.0 Å². The van der Waals surface area contributed by atoms with E-state index in [1.54, 1.807) is 0 Å². The van der Waals surface area contributed by atoms with Gasteiger partial charge in [-0.2, -0.15) is 0 Å². The highest BCUT2D eigenvalue weighted by Gasteiger charge is 2.48. The Labute approximate surface area is 136 Å². The molecule has 0 saturated carbocycles. The molecular weight excluding hydrogens is 295 g/mol. The van der Waals surface area contributed by atoms with E-state index in [-0.39, 0.29) is 23.9 Å². The molecule has 0 N–H and O–H groups in total. The molecule has 124 valence electrons. The predicted octanol–water partition coefficient (Wildman–Crippen LogP) is 2.18. The van der Waals surface area contributed by atoms with Gasteiger partial charge >= 0.3 is 0 Å². The van der Waals surface area contributed by atoms with Gasteiger partial charge in [-0.3, -0.25) is 9.69 Å². The number of nitrogens with zero attached hydrogens (tertiary/aromatic N) is 2. The zero-order valence-electron chi connectivity index (χ0n) is 13.3. The van der Waals surface area contributed by atoms with E-state index >= 15 is 0 Å². The lowest BCUT2D eigenvalue weighted by Crippen LogP contribution is -2.48. The second-order valence-corrected chi connectivity index (χ2v) is 6.86. The number of benzene rings is 1. The number of carbonyl (C=O) groups excluding carboxylic acids is 1. The molecular formula is C18H23FN2O2. The van der Waals surface area contributed by atoms with Crippen LogP contribution in [0.3, 0.4) is 0 Å². The Morgan fingerprint density at radius 3 is 2.74 bits per heavy atom. The maximum absolute atomic E-state index is 13.1. The van der Waals surface area contributed by atoms with E-state index in [9.17, 15) is 9.18 Å². The first-order valence-electron chi connectivity index (χ1n) is 8.62. The van der Waals surface area contributed by atoms with E-state index in [0.29, 0.717) is 12.5 Å². The average molecular weight is 318 g/mol. The molecule has 0 spiro atoms. The molecule has 3 heterocycles. The highest BCUT2D eigenvalue weighted by molar-refractivity contribution is 5.78. The molecule has 3 fully saturated rings. The van der Waals surface area contributed by atoms with Gasteiger partial charge in [0.2, 0.25) is 5.91 Å². The van der Waals surface area contributed by atoms with Crippen molar-refractivity contribution in [3.63, 3.8) is 0 Å². The fourth-order valence-corrected chi connectivity index (χ4v) is 4.33. The first-order chi connectivity index (χ1) is 11.2. The van der Waals surface area contributed by atoms with Crippen LogP contribution >= 0.6 is 0 Å². The maximum Gasteiger partial charge on any atom is 0.223 e. The Morgan fingerprint density at radius 1 is 1.17 bits per heavy atom. The second-order valence-electron chi connectivity index (χ2n) is 6.86. The van der Waals surface area contributed by atoms with Crippen molar-refractivity contribution in [2.75, 3.05) is 19.7 Å². The zero-order valence-corrected chi connectivity index (χ0v) is 13.3. The average Bonchev–Trinajstić information content (AvgIpc) is 3.14. The first-order valence-corrected chi connectivity index (χ1v) is 8.62. The lowest BCUT2D eigenvalue weighted by Gasteiger charge is -2.34. The second kappa shape index (κ2) is 6.21. The molecule has 0 unspecified atom stereocenters. The molecule has 23 heavy (non-hydrogen) atoms. The summed E-state index contributed by atoms with van der Waals surface area (Å²) in [5.41, 5.74) is 1.11. The van der Waals surface area contributed by atoms with Gasteiger partial charge in [0.05, 0.1) is 12.1 Å². The highest BCUT2D eigenvalue weighted by Crippen LogP contribution is 2.34. The largest absolute Gasteiger partial charge is 0.374 e. The molecule has 5 heteroatoms. The van der Waals surface area contributed by atoms with Gasteiger partial charge in [-0.25, -0.2) is 4.39 Å². The van der Waals surface area contributed by atoms with Crippen LogP contribution in [0.25, 0.3) is 0 Å². The van der Waals surface area contributed by atoms with E-state index in [1.807, 2.05) is 17.0 Å². The zero-order chi connectivity index (χ0) is 15.8. The van der Waals surface area contributed by atoms with Crippen LogP contribution in [0.15, 0.2) is 24.3 Å². The SMILES string of the molecule is O=C1CCCN1[C@@H]1CN(Cc2ccc(F)cc2)[C@@H]2CCCO[C@@H]21. The topological polar surface area (TPSA) is 32.8 Å². The van der Waals surface area contributed by atoms with Gasteiger partial charge < -0.3 is 9.64 Å². The van der Waals surface area contributed by atoms with Crippen LogP contribution in [0, 0.1) is 5.82 Å². The van der Waals surface area contributed by atoms with E-state index in [0.717, 1.165) is 51.1 Å². The Hall–Kier alpha value is -1.46. The van der Waals surface area contributed by atoms with Crippen molar-refractivity contribution in [1.29, 1.82) is 0 Å². The number of hydrogen-bond donors (Lipinski definition) is 0. The van der Waals surface area contributed by atoms with Crippen LogP contribution < -0.4 is 0 Å². The van der Waals surface area contributed by atoms with E-state index in [1.165, 1.54) is 12.1 Å². The fourth-order valence-electron chi connectivity index (χ4n) is 4.33. The Morgan fingerprint density at radius 2 is 2.00 bits per heavy atom. The minimum Gasteiger partial charge on any atom is -0.374 e. The smallest absolute Gasteiger partial charge is 0.223 e. The molecule has 1 aromatic carbocycles. The fraction of sp³-hybridized carbons (Fsp3) is 0.611. The first kappa shape index (κ1) is 15.1. The van der Waals surface area contributed by atoms with Gasteiger partial charge in [0.1, 0.15) is 5.82 Å². The quantitative estimate of drug-likeness (QED) is 0.856. The van der Waals surface area contributed by atoms with Crippen molar-refractivity contribution >= 4 is 5.91 Å². The molecule has 1 amide bonds. The molecule has 4 nitrogen and oxygen atoms in total. The third-order valence-electron chi connectivity index (χ3n) is 5.41. The van der Waals surface area contributed by atoms with Crippen molar-refractivity contribution < 1.29 is 13.9 Å². The van der Waals surface area contributed by atoms with Gasteiger partial charge in [-0.15, -0.1) is 0 Å². The lowest BCUT2D eigenvalue weighted by atomic mass is 10.00. The number of carbonyl (C=O) groups is 1. The predicted molar refractivity (Wildman–Crippen MR) is 84.3 cm³/mol. The molecule has 0 aliphatic carbocycles. The standard InChI is InChI=1S/C18H23FN2O2/c19-14-7-5-13(6-8-14)11-20-12-16(21-9-1-4-17(21)22)18-15(20)3-2-10-23-18/h5-8,15-16,18H,1-4,9-12H2/t15-,16-,18+/m1/s1. The van der Waals surface area contributed by atoms with Gasteiger partial charge in [0.15, 0.2) is 0 Å². The van der Waals surface area contributed by atoms with Crippen molar-refractivity contribution in [1.82, 2.24) is 9.80 Å². The van der Waals surface area contributed by atoms with Crippen LogP contribution in [0.5, 0.6) is 0 Å². The molecule has 0 aromatic heterocycles. The molecule has 0 radical (unpaired) electrons. The van der Waals surface area contributed by atoms with Gasteiger partial charge in [0, 0.05) is 38.7 Å². The number of amides is 1. The Kier molecular flexibility index (Phi) is 4.07. The van der Waals surface area contributed by atoms with Crippen LogP contribution in [0.4, 0.5) is 4.39 Å². The van der Waals surface area contributed by atoms with Gasteiger partial charge in [0.25, 0.3) is 0 Å². The van der Waals surface area contributed by atoms with E-state index < -0.39 is 0 Å². The van der Waals surface area contributed by atoms with Crippen molar-refractivity contribution in [2.24, 2.45) is 0 Å². The summed E-state index contributed by atoms with van der Waals surface area (Å²) in [5.74, 6) is 0.0705. The normalized spacial score (nSPS) is 31.6. The number of halogens is 1. The third-order valence-corrected chi connectivity index (χ3v) is 5.41. The molecule has 3 atom stereocenters. The summed E-state index contributed by atoms with van der Waals surface area (Å²) in [6, 6.07) is 7.27. The number of ether oxygens (including phenoxy) is 1. The molecule has 3 aliphatic heterocycles. The number of likely N-dealkylation sites (tertiary alicyclic amines) is 2. The summed E-state index contributed by atoms with van der Waals surface area (Å²) in [5, 5.41) is 0. The minimum atomic E-state index is -0.199. The number of hydrogen-bond acceptors (Lipinski definition) is 3. The van der Waals surface area contributed by atoms with Crippen LogP contribution in [0.1, 0.15) is 31.2 Å². The van der Waals surface area contributed by atoms with Crippen molar-refractivity contribution in [3.8, 4) is 0 Å². The third kappa shape index (κ3) is 2.88. The minimum absolute atomic E-state index is 0.131. The summed E-state index contributed by atoms with van der Waals surface area (Å²) in [7, 11) is 0. The van der Waals surface area contributed by atoms with E-state index in [4.69, 9.17) is 4.74 Å². The highest BCUT2D eigenvalue weighted by atomic mass is 19.1. The molecule has 1 aromatic rings. The summed E-state index contributed by atoms with van der Waals surface area (Å²) in [4.78, 5) is 16.6. The van der Waals surface area contributed by atoms with Crippen LogP contribution in [-0.4, -0.2) is 53.6 Å². The maximum atomic E-state index is 13.1. The van der Waals surface area contributed by atoms with Crippen molar-refractivity contribution in [3.05, 3.63) is 35.6 Å². The molecule has 0 bridgehead atoms. The molecule has 3 aliphatic rings. The summed E-state index contributed by atoms with van der Waals surface area (Å²) in [6.07, 6.45) is 3.95. The Bertz CT molecular complexity index is 577. The summed E-state index contributed by atoms with van der Waals surface area (Å²) in [6.45, 7) is 3.31. The number of fused-ring (bicyclic) bond motifs is 1. The van der Waals surface area contributed by atoms with Crippen LogP contribution in [-0.2, 0) is 16.1 Å². The van der Waals surface area contributed by atoms with Gasteiger partial charge in [-0.1, -0.05) is 12.1 Å². The summed E-state index contributed by atoms with van der Waals surface area (Å²) < 4.78 is 19.2. The molecule has 4 rings (SSSR count). The summed E-state index contributed by atoms with van der Waals surface area (Å²) >= 11 is 0. The molecule has 3 saturated heterocycles.